The van der Waals surface area contributed by atoms with Crippen LogP contribution in [-0.2, 0) is 4.74 Å². The molecule has 1 atom stereocenters. The molecule has 1 aromatic carbocycles. The Balaban J connectivity index is 0.927. The van der Waals surface area contributed by atoms with Crippen LogP contribution in [0.3, 0.4) is 0 Å². The number of ether oxygens (including phenoxy) is 2. The van der Waals surface area contributed by atoms with Crippen LogP contribution in [-0.4, -0.2) is 66.4 Å². The van der Waals surface area contributed by atoms with Crippen molar-refractivity contribution in [1.82, 2.24) is 14.9 Å². The summed E-state index contributed by atoms with van der Waals surface area (Å²) in [4.78, 5) is 13.6. The average Bonchev–Trinajstić information content (AvgIpc) is 3.26. The monoisotopic (exact) mass is 460 g/mol. The molecular formula is C28H36N4O2. The first-order chi connectivity index (χ1) is 16.7. The van der Waals surface area contributed by atoms with Gasteiger partial charge in [-0.3, -0.25) is 0 Å². The fraction of sp³-hybridized carbons (Fsp3) is 0.643. The van der Waals surface area contributed by atoms with E-state index in [0.717, 1.165) is 37.8 Å². The van der Waals surface area contributed by atoms with E-state index in [-0.39, 0.29) is 0 Å². The van der Waals surface area contributed by atoms with Gasteiger partial charge in [-0.15, -0.1) is 0 Å². The fourth-order valence-corrected chi connectivity index (χ4v) is 7.47. The Morgan fingerprint density at radius 1 is 0.912 bits per heavy atom. The summed E-state index contributed by atoms with van der Waals surface area (Å²) >= 11 is 0. The standard InChI is InChI=1S/C28H36N4O2/c1-2-4-26(34-24-12-28(13-24)18-33-19-28)25(3-1)21-6-9-31(10-7-21)22-5-8-27(11-22)16-32(17-27)23-14-29-20-30-15-23/h1-4,14-15,20-22,24H,5-13,16-19H2. The zero-order valence-corrected chi connectivity index (χ0v) is 20.1. The predicted molar refractivity (Wildman–Crippen MR) is 131 cm³/mol. The Hall–Kier alpha value is -2.18. The van der Waals surface area contributed by atoms with Gasteiger partial charge in [-0.1, -0.05) is 18.2 Å². The average molecular weight is 461 g/mol. The summed E-state index contributed by atoms with van der Waals surface area (Å²) in [6, 6.07) is 9.60. The van der Waals surface area contributed by atoms with Crippen molar-refractivity contribution in [3.63, 3.8) is 0 Å². The molecule has 1 aromatic heterocycles. The predicted octanol–water partition coefficient (Wildman–Crippen LogP) is 4.27. The number of hydrogen-bond acceptors (Lipinski definition) is 6. The van der Waals surface area contributed by atoms with E-state index in [2.05, 4.69) is 44.0 Å². The second kappa shape index (κ2) is 8.20. The maximum absolute atomic E-state index is 6.51. The molecule has 0 amide bonds. The van der Waals surface area contributed by atoms with Crippen LogP contribution in [0.15, 0.2) is 43.0 Å². The topological polar surface area (TPSA) is 50.7 Å². The Labute approximate surface area is 202 Å². The molecule has 180 valence electrons. The van der Waals surface area contributed by atoms with Gasteiger partial charge in [0.1, 0.15) is 18.2 Å². The first kappa shape index (κ1) is 21.1. The van der Waals surface area contributed by atoms with Gasteiger partial charge < -0.3 is 19.3 Å². The number of likely N-dealkylation sites (tertiary alicyclic amines) is 1. The Morgan fingerprint density at radius 2 is 1.68 bits per heavy atom. The van der Waals surface area contributed by atoms with E-state index in [1.54, 1.807) is 6.33 Å². The molecule has 5 aliphatic rings. The number of para-hydroxylation sites is 1. The summed E-state index contributed by atoms with van der Waals surface area (Å²) < 4.78 is 11.9. The summed E-state index contributed by atoms with van der Waals surface area (Å²) in [5.74, 6) is 1.77. The maximum Gasteiger partial charge on any atom is 0.123 e. The van der Waals surface area contributed by atoms with Gasteiger partial charge in [0, 0.05) is 30.0 Å². The van der Waals surface area contributed by atoms with Gasteiger partial charge in [-0.25, -0.2) is 9.97 Å². The van der Waals surface area contributed by atoms with E-state index in [9.17, 15) is 0 Å². The summed E-state index contributed by atoms with van der Waals surface area (Å²) in [6.07, 6.45) is 14.8. The van der Waals surface area contributed by atoms with E-state index in [1.807, 2.05) is 12.4 Å². The molecule has 0 bridgehead atoms. The maximum atomic E-state index is 6.51. The van der Waals surface area contributed by atoms with Crippen LogP contribution >= 0.6 is 0 Å². The lowest BCUT2D eigenvalue weighted by Crippen LogP contribution is -2.56. The van der Waals surface area contributed by atoms with Crippen molar-refractivity contribution in [2.45, 2.75) is 63.0 Å². The van der Waals surface area contributed by atoms with E-state index >= 15 is 0 Å². The van der Waals surface area contributed by atoms with Gasteiger partial charge in [-0.2, -0.15) is 0 Å². The molecule has 2 spiro atoms. The van der Waals surface area contributed by atoms with Crippen molar-refractivity contribution in [3.8, 4) is 5.75 Å². The first-order valence-electron chi connectivity index (χ1n) is 13.3. The molecule has 7 rings (SSSR count). The minimum atomic E-state index is 0.379. The lowest BCUT2D eigenvalue weighted by Gasteiger charge is -2.52. The molecule has 3 saturated heterocycles. The molecule has 2 saturated carbocycles. The third kappa shape index (κ3) is 3.70. The first-order valence-corrected chi connectivity index (χ1v) is 13.3. The minimum Gasteiger partial charge on any atom is -0.490 e. The SMILES string of the molecule is c1ccc(C2CCN(C3CCC4(C3)CN(c3cncnc3)C4)CC2)c(OC2CC3(COC3)C2)c1. The van der Waals surface area contributed by atoms with Crippen LogP contribution in [0.25, 0.3) is 0 Å². The second-order valence-corrected chi connectivity index (χ2v) is 11.8. The molecule has 0 radical (unpaired) electrons. The van der Waals surface area contributed by atoms with Crippen molar-refractivity contribution < 1.29 is 9.47 Å². The molecule has 0 N–H and O–H groups in total. The van der Waals surface area contributed by atoms with Crippen LogP contribution in [0, 0.1) is 10.8 Å². The van der Waals surface area contributed by atoms with Crippen LogP contribution in [0.2, 0.25) is 0 Å². The van der Waals surface area contributed by atoms with Crippen LogP contribution in [0.5, 0.6) is 5.75 Å². The van der Waals surface area contributed by atoms with Crippen molar-refractivity contribution in [3.05, 3.63) is 48.5 Å². The van der Waals surface area contributed by atoms with Crippen molar-refractivity contribution in [2.24, 2.45) is 10.8 Å². The van der Waals surface area contributed by atoms with Crippen LogP contribution in [0.1, 0.15) is 56.4 Å². The highest BCUT2D eigenvalue weighted by Gasteiger charge is 2.51. The molecule has 5 fully saturated rings. The van der Waals surface area contributed by atoms with Gasteiger partial charge in [0.15, 0.2) is 0 Å². The van der Waals surface area contributed by atoms with Crippen molar-refractivity contribution >= 4 is 5.69 Å². The normalized spacial score (nSPS) is 28.5. The van der Waals surface area contributed by atoms with Gasteiger partial charge in [-0.05, 0) is 75.6 Å². The lowest BCUT2D eigenvalue weighted by molar-refractivity contribution is -0.191. The Kier molecular flexibility index (Phi) is 5.09. The van der Waals surface area contributed by atoms with Crippen LogP contribution in [0.4, 0.5) is 5.69 Å². The number of rotatable bonds is 5. The molecule has 6 heteroatoms. The third-order valence-corrected chi connectivity index (χ3v) is 9.48. The largest absolute Gasteiger partial charge is 0.490 e. The summed E-state index contributed by atoms with van der Waals surface area (Å²) in [7, 11) is 0. The van der Waals surface area contributed by atoms with Crippen molar-refractivity contribution in [2.75, 3.05) is 44.3 Å². The number of hydrogen-bond donors (Lipinski definition) is 0. The number of anilines is 1. The zero-order chi connectivity index (χ0) is 22.6. The third-order valence-electron chi connectivity index (χ3n) is 9.48. The highest BCUT2D eigenvalue weighted by atomic mass is 16.5. The fourth-order valence-electron chi connectivity index (χ4n) is 7.47. The summed E-state index contributed by atoms with van der Waals surface area (Å²) in [5.41, 5.74) is 3.59. The number of aromatic nitrogens is 2. The molecule has 1 unspecified atom stereocenters. The molecule has 4 heterocycles. The number of nitrogens with zero attached hydrogens (tertiary/aromatic N) is 4. The Bertz CT molecular complexity index is 1000. The lowest BCUT2D eigenvalue weighted by atomic mass is 9.65. The Morgan fingerprint density at radius 3 is 2.41 bits per heavy atom. The van der Waals surface area contributed by atoms with Gasteiger partial charge in [0.2, 0.25) is 0 Å². The van der Waals surface area contributed by atoms with Gasteiger partial charge in [0.05, 0.1) is 31.3 Å². The van der Waals surface area contributed by atoms with Gasteiger partial charge in [0.25, 0.3) is 0 Å². The minimum absolute atomic E-state index is 0.379. The molecule has 34 heavy (non-hydrogen) atoms. The summed E-state index contributed by atoms with van der Waals surface area (Å²) in [5, 5.41) is 0. The van der Waals surface area contributed by atoms with Crippen LogP contribution < -0.4 is 9.64 Å². The quantitative estimate of drug-likeness (QED) is 0.664. The smallest absolute Gasteiger partial charge is 0.123 e. The number of benzene rings is 1. The van der Waals surface area contributed by atoms with Gasteiger partial charge >= 0.3 is 0 Å². The number of piperidine rings is 1. The van der Waals surface area contributed by atoms with Crippen molar-refractivity contribution in [1.29, 1.82) is 0 Å². The zero-order valence-electron chi connectivity index (χ0n) is 20.1. The highest BCUT2D eigenvalue weighted by molar-refractivity contribution is 5.46. The highest BCUT2D eigenvalue weighted by Crippen LogP contribution is 2.50. The van der Waals surface area contributed by atoms with E-state index in [1.165, 1.54) is 69.5 Å². The van der Waals surface area contributed by atoms with E-state index in [4.69, 9.17) is 9.47 Å². The molecule has 3 aliphatic heterocycles. The summed E-state index contributed by atoms with van der Waals surface area (Å²) in [6.45, 7) is 6.67. The van der Waals surface area contributed by atoms with E-state index in [0.29, 0.717) is 22.9 Å². The van der Waals surface area contributed by atoms with E-state index < -0.39 is 0 Å². The molecular weight excluding hydrogens is 424 g/mol. The molecule has 2 aromatic rings. The molecule has 2 aliphatic carbocycles. The second-order valence-electron chi connectivity index (χ2n) is 11.8. The molecule has 6 nitrogen and oxygen atoms in total.